The van der Waals surface area contributed by atoms with E-state index in [-0.39, 0.29) is 23.3 Å². The van der Waals surface area contributed by atoms with E-state index in [9.17, 15) is 13.2 Å². The molecule has 0 saturated heterocycles. The van der Waals surface area contributed by atoms with E-state index in [4.69, 9.17) is 0 Å². The maximum Gasteiger partial charge on any atom is 0.322 e. The van der Waals surface area contributed by atoms with Gasteiger partial charge in [-0.1, -0.05) is 6.42 Å². The minimum absolute atomic E-state index is 0.0811. The third kappa shape index (κ3) is 4.27. The van der Waals surface area contributed by atoms with Crippen LogP contribution in [0.5, 0.6) is 0 Å². The molecule has 1 fully saturated rings. The highest BCUT2D eigenvalue weighted by Crippen LogP contribution is 2.24. The monoisotopic (exact) mass is 263 g/mol. The Balaban J connectivity index is 2.53. The standard InChI is InChI=1S/C11H21NO4S/c1-8(11(13)16-2)12-9-5-4-6-10(7-9)17(3,14)15/h8-10,12H,4-7H2,1-3H3. The number of hydrogen-bond donors (Lipinski definition) is 1. The van der Waals surface area contributed by atoms with Gasteiger partial charge in [0.05, 0.1) is 12.4 Å². The first-order chi connectivity index (χ1) is 7.84. The van der Waals surface area contributed by atoms with Crippen LogP contribution in [0, 0.1) is 0 Å². The Morgan fingerprint density at radius 1 is 1.41 bits per heavy atom. The van der Waals surface area contributed by atoms with Crippen molar-refractivity contribution in [1.82, 2.24) is 5.32 Å². The first-order valence-electron chi connectivity index (χ1n) is 5.87. The summed E-state index contributed by atoms with van der Waals surface area (Å²) in [6.45, 7) is 1.73. The second-order valence-corrected chi connectivity index (χ2v) is 7.05. The van der Waals surface area contributed by atoms with E-state index in [1.807, 2.05) is 0 Å². The van der Waals surface area contributed by atoms with Crippen LogP contribution in [0.3, 0.4) is 0 Å². The third-order valence-corrected chi connectivity index (χ3v) is 4.91. The minimum Gasteiger partial charge on any atom is -0.468 e. The van der Waals surface area contributed by atoms with Gasteiger partial charge in [-0.3, -0.25) is 4.79 Å². The molecule has 0 radical (unpaired) electrons. The molecular weight excluding hydrogens is 242 g/mol. The molecule has 1 aliphatic rings. The van der Waals surface area contributed by atoms with Crippen LogP contribution in [0.15, 0.2) is 0 Å². The number of esters is 1. The summed E-state index contributed by atoms with van der Waals surface area (Å²) in [5.41, 5.74) is 0. The van der Waals surface area contributed by atoms with E-state index in [1.54, 1.807) is 6.92 Å². The molecule has 1 saturated carbocycles. The Labute approximate surface area is 103 Å². The first kappa shape index (κ1) is 14.4. The van der Waals surface area contributed by atoms with Crippen molar-refractivity contribution in [2.75, 3.05) is 13.4 Å². The molecule has 3 atom stereocenters. The average molecular weight is 263 g/mol. The van der Waals surface area contributed by atoms with Crippen LogP contribution >= 0.6 is 0 Å². The van der Waals surface area contributed by atoms with Gasteiger partial charge in [-0.25, -0.2) is 8.42 Å². The lowest BCUT2D eigenvalue weighted by Gasteiger charge is -2.30. The van der Waals surface area contributed by atoms with Gasteiger partial charge in [0.2, 0.25) is 0 Å². The molecule has 0 aromatic rings. The average Bonchev–Trinajstić information content (AvgIpc) is 2.27. The van der Waals surface area contributed by atoms with Crippen LogP contribution in [-0.2, 0) is 19.4 Å². The number of hydrogen-bond acceptors (Lipinski definition) is 5. The van der Waals surface area contributed by atoms with E-state index >= 15 is 0 Å². The van der Waals surface area contributed by atoms with Gasteiger partial charge in [0.15, 0.2) is 0 Å². The van der Waals surface area contributed by atoms with Gasteiger partial charge in [0.1, 0.15) is 15.9 Å². The highest BCUT2D eigenvalue weighted by Gasteiger charge is 2.30. The molecular formula is C11H21NO4S. The summed E-state index contributed by atoms with van der Waals surface area (Å²) in [4.78, 5) is 11.3. The zero-order chi connectivity index (χ0) is 13.1. The van der Waals surface area contributed by atoms with Crippen molar-refractivity contribution in [3.63, 3.8) is 0 Å². The van der Waals surface area contributed by atoms with Crippen LogP contribution < -0.4 is 5.32 Å². The Morgan fingerprint density at radius 3 is 2.59 bits per heavy atom. The lowest BCUT2D eigenvalue weighted by atomic mass is 9.94. The van der Waals surface area contributed by atoms with Crippen LogP contribution in [0.25, 0.3) is 0 Å². The summed E-state index contributed by atoms with van der Waals surface area (Å²) in [6, 6.07) is -0.305. The fraction of sp³-hybridized carbons (Fsp3) is 0.909. The lowest BCUT2D eigenvalue weighted by molar-refractivity contribution is -0.142. The molecule has 5 nitrogen and oxygen atoms in total. The topological polar surface area (TPSA) is 72.5 Å². The molecule has 0 aliphatic heterocycles. The Hall–Kier alpha value is -0.620. The summed E-state index contributed by atoms with van der Waals surface area (Å²) in [5, 5.41) is 2.85. The van der Waals surface area contributed by atoms with Gasteiger partial charge in [0, 0.05) is 12.3 Å². The Bertz CT molecular complexity index is 366. The number of rotatable bonds is 4. The van der Waals surface area contributed by atoms with Crippen LogP contribution in [0.2, 0.25) is 0 Å². The normalized spacial score (nSPS) is 27.5. The molecule has 0 aromatic carbocycles. The van der Waals surface area contributed by atoms with Crippen molar-refractivity contribution >= 4 is 15.8 Å². The van der Waals surface area contributed by atoms with Crippen molar-refractivity contribution in [2.45, 2.75) is 49.9 Å². The predicted molar refractivity (Wildman–Crippen MR) is 65.5 cm³/mol. The second kappa shape index (κ2) is 5.82. The van der Waals surface area contributed by atoms with Crippen LogP contribution in [0.4, 0.5) is 0 Å². The van der Waals surface area contributed by atoms with Crippen molar-refractivity contribution in [2.24, 2.45) is 0 Å². The quantitative estimate of drug-likeness (QED) is 0.747. The fourth-order valence-electron chi connectivity index (χ4n) is 2.28. The molecule has 0 amide bonds. The summed E-state index contributed by atoms with van der Waals surface area (Å²) < 4.78 is 27.6. The smallest absolute Gasteiger partial charge is 0.322 e. The van der Waals surface area contributed by atoms with Gasteiger partial charge >= 0.3 is 5.97 Å². The summed E-state index contributed by atoms with van der Waals surface area (Å²) in [6.07, 6.45) is 4.38. The predicted octanol–water partition coefficient (Wildman–Crippen LogP) is 0.493. The molecule has 3 unspecified atom stereocenters. The highest BCUT2D eigenvalue weighted by atomic mass is 32.2. The van der Waals surface area contributed by atoms with Crippen molar-refractivity contribution < 1.29 is 17.9 Å². The first-order valence-corrected chi connectivity index (χ1v) is 7.82. The van der Waals surface area contributed by atoms with E-state index in [2.05, 4.69) is 10.1 Å². The van der Waals surface area contributed by atoms with Gasteiger partial charge in [-0.15, -0.1) is 0 Å². The maximum atomic E-state index is 11.5. The molecule has 0 heterocycles. The zero-order valence-electron chi connectivity index (χ0n) is 10.6. The number of carbonyl (C=O) groups excluding carboxylic acids is 1. The maximum absolute atomic E-state index is 11.5. The van der Waals surface area contributed by atoms with Crippen LogP contribution in [0.1, 0.15) is 32.6 Å². The number of nitrogens with one attached hydrogen (secondary N) is 1. The van der Waals surface area contributed by atoms with Gasteiger partial charge in [0.25, 0.3) is 0 Å². The molecule has 0 spiro atoms. The van der Waals surface area contributed by atoms with E-state index in [0.717, 1.165) is 19.3 Å². The molecule has 1 rings (SSSR count). The van der Waals surface area contributed by atoms with E-state index < -0.39 is 9.84 Å². The summed E-state index contributed by atoms with van der Waals surface area (Å²) >= 11 is 0. The summed E-state index contributed by atoms with van der Waals surface area (Å²) in [7, 11) is -1.63. The summed E-state index contributed by atoms with van der Waals surface area (Å²) in [5.74, 6) is -0.313. The van der Waals surface area contributed by atoms with Crippen LogP contribution in [-0.4, -0.2) is 45.1 Å². The molecule has 0 aromatic heterocycles. The number of ether oxygens (including phenoxy) is 1. The van der Waals surface area contributed by atoms with Crippen molar-refractivity contribution in [1.29, 1.82) is 0 Å². The highest BCUT2D eigenvalue weighted by molar-refractivity contribution is 7.91. The van der Waals surface area contributed by atoms with E-state index in [1.165, 1.54) is 13.4 Å². The number of methoxy groups -OCH3 is 1. The SMILES string of the molecule is COC(=O)C(C)NC1CCCC(S(C)(=O)=O)C1. The Kier molecular flexibility index (Phi) is 4.94. The van der Waals surface area contributed by atoms with Gasteiger partial charge in [-0.05, 0) is 26.2 Å². The largest absolute Gasteiger partial charge is 0.468 e. The van der Waals surface area contributed by atoms with Gasteiger partial charge < -0.3 is 10.1 Å². The molecule has 1 N–H and O–H groups in total. The van der Waals surface area contributed by atoms with Crippen molar-refractivity contribution in [3.05, 3.63) is 0 Å². The Morgan fingerprint density at radius 2 is 2.06 bits per heavy atom. The molecule has 100 valence electrons. The minimum atomic E-state index is -2.98. The zero-order valence-corrected chi connectivity index (χ0v) is 11.4. The molecule has 6 heteroatoms. The molecule has 1 aliphatic carbocycles. The number of sulfone groups is 1. The molecule has 17 heavy (non-hydrogen) atoms. The van der Waals surface area contributed by atoms with Gasteiger partial charge in [-0.2, -0.15) is 0 Å². The second-order valence-electron chi connectivity index (χ2n) is 4.73. The van der Waals surface area contributed by atoms with E-state index in [0.29, 0.717) is 6.42 Å². The van der Waals surface area contributed by atoms with Crippen molar-refractivity contribution in [3.8, 4) is 0 Å². The fourth-order valence-corrected chi connectivity index (χ4v) is 3.46. The molecule has 0 bridgehead atoms. The number of carbonyl (C=O) groups is 1. The third-order valence-electron chi connectivity index (χ3n) is 3.27. The lowest BCUT2D eigenvalue weighted by Crippen LogP contribution is -2.46.